The lowest BCUT2D eigenvalue weighted by Gasteiger charge is -2.05. The molecule has 0 saturated carbocycles. The minimum absolute atomic E-state index is 0.0705. The van der Waals surface area contributed by atoms with Gasteiger partial charge in [0.2, 0.25) is 5.16 Å². The lowest BCUT2D eigenvalue weighted by atomic mass is 10.3. The Morgan fingerprint density at radius 1 is 1.56 bits per heavy atom. The van der Waals surface area contributed by atoms with Gasteiger partial charge < -0.3 is 9.90 Å². The van der Waals surface area contributed by atoms with Gasteiger partial charge in [-0.2, -0.15) is 4.68 Å². The molecule has 0 aliphatic rings. The van der Waals surface area contributed by atoms with Crippen LogP contribution >= 0.6 is 23.4 Å². The van der Waals surface area contributed by atoms with Crippen molar-refractivity contribution in [1.82, 2.24) is 20.2 Å². The summed E-state index contributed by atoms with van der Waals surface area (Å²) >= 11 is 6.54. The van der Waals surface area contributed by atoms with Gasteiger partial charge in [-0.05, 0) is 28.6 Å². The standard InChI is InChI=1S/C9H6ClFN4O2S/c10-6-3-5(1-2-7(6)11)15-9(12-13-14-15)18-4-8(16)17/h1-3H,4H2,(H,16,17)/p-1. The fourth-order valence-electron chi connectivity index (χ4n) is 1.17. The van der Waals surface area contributed by atoms with Gasteiger partial charge in [-0.3, -0.25) is 0 Å². The molecule has 1 aromatic carbocycles. The van der Waals surface area contributed by atoms with Crippen LogP contribution < -0.4 is 5.11 Å². The second kappa shape index (κ2) is 5.32. The molecule has 2 aromatic rings. The van der Waals surface area contributed by atoms with Crippen molar-refractivity contribution in [2.24, 2.45) is 0 Å². The number of aliphatic carboxylic acids is 1. The molecular weight excluding hydrogens is 283 g/mol. The van der Waals surface area contributed by atoms with E-state index >= 15 is 0 Å². The molecule has 6 nitrogen and oxygen atoms in total. The van der Waals surface area contributed by atoms with Crippen LogP contribution in [-0.2, 0) is 4.79 Å². The number of aromatic nitrogens is 4. The Bertz CT molecular complexity index is 592. The van der Waals surface area contributed by atoms with Crippen LogP contribution in [0.5, 0.6) is 0 Å². The summed E-state index contributed by atoms with van der Waals surface area (Å²) in [6.07, 6.45) is 0. The number of carbonyl (C=O) groups excluding carboxylic acids is 1. The molecule has 1 aromatic heterocycles. The van der Waals surface area contributed by atoms with Crippen molar-refractivity contribution in [1.29, 1.82) is 0 Å². The molecule has 0 atom stereocenters. The molecule has 18 heavy (non-hydrogen) atoms. The lowest BCUT2D eigenvalue weighted by Crippen LogP contribution is -2.24. The number of hydrogen-bond acceptors (Lipinski definition) is 6. The first-order valence-electron chi connectivity index (χ1n) is 4.64. The van der Waals surface area contributed by atoms with Crippen molar-refractivity contribution in [3.05, 3.63) is 29.0 Å². The summed E-state index contributed by atoms with van der Waals surface area (Å²) in [5, 5.41) is 21.3. The first-order chi connectivity index (χ1) is 8.58. The number of rotatable bonds is 4. The molecule has 0 bridgehead atoms. The van der Waals surface area contributed by atoms with E-state index in [4.69, 9.17) is 11.6 Å². The zero-order valence-corrected chi connectivity index (χ0v) is 10.3. The van der Waals surface area contributed by atoms with Gasteiger partial charge in [-0.1, -0.05) is 23.4 Å². The molecule has 0 radical (unpaired) electrons. The largest absolute Gasteiger partial charge is 0.549 e. The minimum Gasteiger partial charge on any atom is -0.549 e. The van der Waals surface area contributed by atoms with Crippen molar-refractivity contribution < 1.29 is 14.3 Å². The molecule has 1 heterocycles. The van der Waals surface area contributed by atoms with Gasteiger partial charge in [-0.25, -0.2) is 4.39 Å². The number of hydrogen-bond donors (Lipinski definition) is 0. The van der Waals surface area contributed by atoms with Crippen LogP contribution in [0.1, 0.15) is 0 Å². The third-order valence-electron chi connectivity index (χ3n) is 1.91. The van der Waals surface area contributed by atoms with E-state index in [2.05, 4.69) is 15.5 Å². The highest BCUT2D eigenvalue weighted by Crippen LogP contribution is 2.22. The Morgan fingerprint density at radius 2 is 2.33 bits per heavy atom. The maximum Gasteiger partial charge on any atom is 0.214 e. The molecule has 9 heteroatoms. The normalized spacial score (nSPS) is 10.6. The highest BCUT2D eigenvalue weighted by Gasteiger charge is 2.10. The van der Waals surface area contributed by atoms with Gasteiger partial charge in [0.15, 0.2) is 0 Å². The smallest absolute Gasteiger partial charge is 0.214 e. The molecule has 0 amide bonds. The molecule has 0 spiro atoms. The summed E-state index contributed by atoms with van der Waals surface area (Å²) in [7, 11) is 0. The minimum atomic E-state index is -1.23. The van der Waals surface area contributed by atoms with Crippen LogP contribution in [-0.4, -0.2) is 31.9 Å². The van der Waals surface area contributed by atoms with Crippen molar-refractivity contribution in [3.8, 4) is 5.69 Å². The molecule has 0 saturated heterocycles. The first kappa shape index (κ1) is 12.8. The van der Waals surface area contributed by atoms with E-state index in [0.29, 0.717) is 5.69 Å². The van der Waals surface area contributed by atoms with Gasteiger partial charge >= 0.3 is 0 Å². The van der Waals surface area contributed by atoms with E-state index in [1.165, 1.54) is 22.9 Å². The number of tetrazole rings is 1. The maximum atomic E-state index is 13.0. The van der Waals surface area contributed by atoms with Crippen LogP contribution in [0.25, 0.3) is 5.69 Å². The summed E-state index contributed by atoms with van der Waals surface area (Å²) in [4.78, 5) is 10.4. The zero-order valence-electron chi connectivity index (χ0n) is 8.71. The number of carbonyl (C=O) groups is 1. The highest BCUT2D eigenvalue weighted by atomic mass is 35.5. The Hall–Kier alpha value is -1.67. The Morgan fingerprint density at radius 3 is 3.00 bits per heavy atom. The van der Waals surface area contributed by atoms with Crippen LogP contribution in [0, 0.1) is 5.82 Å². The summed E-state index contributed by atoms with van der Waals surface area (Å²) in [5.74, 6) is -2.07. The average molecular weight is 288 g/mol. The highest BCUT2D eigenvalue weighted by molar-refractivity contribution is 7.99. The Balaban J connectivity index is 2.30. The van der Waals surface area contributed by atoms with E-state index in [1.54, 1.807) is 0 Å². The van der Waals surface area contributed by atoms with Crippen molar-refractivity contribution >= 4 is 29.3 Å². The molecule has 0 aliphatic heterocycles. The molecule has 0 aliphatic carbocycles. The third-order valence-corrected chi connectivity index (χ3v) is 3.09. The topological polar surface area (TPSA) is 83.7 Å². The van der Waals surface area contributed by atoms with E-state index in [9.17, 15) is 14.3 Å². The molecule has 0 N–H and O–H groups in total. The van der Waals surface area contributed by atoms with Crippen molar-refractivity contribution in [3.63, 3.8) is 0 Å². The van der Waals surface area contributed by atoms with Gasteiger partial charge in [0.1, 0.15) is 5.82 Å². The number of carboxylic acids is 1. The van der Waals surface area contributed by atoms with Gasteiger partial charge in [-0.15, -0.1) is 5.10 Å². The van der Waals surface area contributed by atoms with Crippen LogP contribution in [0.2, 0.25) is 5.02 Å². The van der Waals surface area contributed by atoms with Crippen LogP contribution in [0.4, 0.5) is 4.39 Å². The first-order valence-corrected chi connectivity index (χ1v) is 6.00. The van der Waals surface area contributed by atoms with Crippen molar-refractivity contribution in [2.45, 2.75) is 5.16 Å². The van der Waals surface area contributed by atoms with E-state index in [-0.39, 0.29) is 15.9 Å². The van der Waals surface area contributed by atoms with E-state index < -0.39 is 11.8 Å². The fraction of sp³-hybridized carbons (Fsp3) is 0.111. The molecular formula is C9H5ClFN4O2S-. The number of thioether (sulfide) groups is 1. The Labute approximate surface area is 110 Å². The predicted molar refractivity (Wildman–Crippen MR) is 59.9 cm³/mol. The predicted octanol–water partition coefficient (Wildman–Crippen LogP) is 0.297. The SMILES string of the molecule is O=C([O-])CSc1nnnn1-c1ccc(F)c(Cl)c1. The molecule has 0 unspecified atom stereocenters. The summed E-state index contributed by atoms with van der Waals surface area (Å²) < 4.78 is 14.3. The number of benzene rings is 1. The second-order valence-corrected chi connectivity index (χ2v) is 4.48. The maximum absolute atomic E-state index is 13.0. The average Bonchev–Trinajstić information content (AvgIpc) is 2.78. The lowest BCUT2D eigenvalue weighted by molar-refractivity contribution is -0.301. The monoisotopic (exact) mass is 287 g/mol. The van der Waals surface area contributed by atoms with Gasteiger partial charge in [0.05, 0.1) is 16.7 Å². The van der Waals surface area contributed by atoms with Crippen molar-refractivity contribution in [2.75, 3.05) is 5.75 Å². The Kier molecular flexibility index (Phi) is 3.78. The number of carboxylic acid groups (broad SMARTS) is 1. The molecule has 94 valence electrons. The molecule has 2 rings (SSSR count). The number of nitrogens with zero attached hydrogens (tertiary/aromatic N) is 4. The van der Waals surface area contributed by atoms with Gasteiger partial charge in [0.25, 0.3) is 0 Å². The summed E-state index contributed by atoms with van der Waals surface area (Å²) in [6.45, 7) is 0. The molecule has 0 fully saturated rings. The van der Waals surface area contributed by atoms with Gasteiger partial charge in [0, 0.05) is 5.75 Å². The van der Waals surface area contributed by atoms with Crippen LogP contribution in [0.15, 0.2) is 23.4 Å². The van der Waals surface area contributed by atoms with Crippen LogP contribution in [0.3, 0.4) is 0 Å². The summed E-state index contributed by atoms with van der Waals surface area (Å²) in [5.41, 5.74) is 0.437. The fourth-order valence-corrected chi connectivity index (χ4v) is 1.95. The van der Waals surface area contributed by atoms with E-state index in [1.807, 2.05) is 0 Å². The zero-order chi connectivity index (χ0) is 13.1. The quantitative estimate of drug-likeness (QED) is 0.752. The second-order valence-electron chi connectivity index (χ2n) is 3.13. The third kappa shape index (κ3) is 2.77. The summed E-state index contributed by atoms with van der Waals surface area (Å²) in [6, 6.07) is 3.95. The van der Waals surface area contributed by atoms with E-state index in [0.717, 1.165) is 11.8 Å². The number of halogens is 2.